The van der Waals surface area contributed by atoms with Gasteiger partial charge in [-0.2, -0.15) is 5.10 Å². The molecule has 143 heavy (non-hydrogen) atoms. The molecule has 0 atom stereocenters. The van der Waals surface area contributed by atoms with E-state index >= 15 is 0 Å². The third kappa shape index (κ3) is 21.4. The molecule has 0 fully saturated rings. The van der Waals surface area contributed by atoms with E-state index in [4.69, 9.17) is 34.8 Å². The molecule has 0 N–H and O–H groups in total. The lowest BCUT2D eigenvalue weighted by molar-refractivity contribution is 0.496. The molecule has 0 aliphatic rings. The Hall–Kier alpha value is -18.3. The summed E-state index contributed by atoms with van der Waals surface area (Å²) in [7, 11) is 0. The monoisotopic (exact) mass is 1950 g/mol. The van der Waals surface area contributed by atoms with Crippen LogP contribution < -0.4 is 0 Å². The highest BCUT2D eigenvalue weighted by Crippen LogP contribution is 2.40. The van der Waals surface area contributed by atoms with Crippen molar-refractivity contribution < 1.29 is 30.7 Å². The molecule has 34 heteroatoms. The van der Waals surface area contributed by atoms with Gasteiger partial charge in [0.05, 0.1) is 67.7 Å². The largest absolute Gasteiger partial charge is 0.256 e. The summed E-state index contributed by atoms with van der Waals surface area (Å²) < 4.78 is 98.2. The molecular weight excluding hydrogens is 1880 g/mol. The van der Waals surface area contributed by atoms with Crippen LogP contribution in [-0.2, 0) is 0 Å². The smallest absolute Gasteiger partial charge is 0.178 e. The molecule has 0 saturated carbocycles. The first-order valence-electron chi connectivity index (χ1n) is 43.6. The lowest BCUT2D eigenvalue weighted by Gasteiger charge is -2.10. The Kier molecular flexibility index (Phi) is 28.0. The molecule has 0 saturated heterocycles. The van der Waals surface area contributed by atoms with Crippen molar-refractivity contribution in [1.29, 1.82) is 0 Å². The Labute approximate surface area is 823 Å². The Balaban J connectivity index is 0.000000109. The molecule has 0 aliphatic carbocycles. The van der Waals surface area contributed by atoms with Crippen LogP contribution in [0, 0.1) is 54.6 Å². The van der Waals surface area contributed by atoms with Crippen molar-refractivity contribution in [3.8, 4) is 135 Å². The number of hydrogen-bond acceptors (Lipinski definition) is 23. The van der Waals surface area contributed by atoms with Gasteiger partial charge in [0.25, 0.3) is 0 Å². The maximum absolute atomic E-state index is 14.3. The Morgan fingerprint density at radius 3 is 1.01 bits per heavy atom. The van der Waals surface area contributed by atoms with Crippen LogP contribution in [0.25, 0.3) is 196 Å². The molecule has 0 bridgehead atoms. The van der Waals surface area contributed by atoms with Crippen LogP contribution in [-0.4, -0.2) is 119 Å². The third-order valence-corrected chi connectivity index (χ3v) is 22.8. The molecule has 24 aromatic rings. The summed E-state index contributed by atoms with van der Waals surface area (Å²) in [5.74, 6) is -4.66. The lowest BCUT2D eigenvalue weighted by Crippen LogP contribution is -1.97. The van der Waals surface area contributed by atoms with Gasteiger partial charge in [0.15, 0.2) is 45.5 Å². The second kappa shape index (κ2) is 42.7. The fourth-order valence-electron chi connectivity index (χ4n) is 15.3. The van der Waals surface area contributed by atoms with Crippen molar-refractivity contribution in [1.82, 2.24) is 119 Å². The van der Waals surface area contributed by atoms with Gasteiger partial charge >= 0.3 is 0 Å². The maximum Gasteiger partial charge on any atom is 0.178 e. The van der Waals surface area contributed by atoms with Crippen molar-refractivity contribution >= 4 is 96.3 Å². The molecule has 0 amide bonds. The van der Waals surface area contributed by atoms with Crippen molar-refractivity contribution in [2.45, 2.75) is 13.8 Å². The highest BCUT2D eigenvalue weighted by atomic mass is 35.5. The summed E-state index contributed by atoms with van der Waals surface area (Å²) in [6, 6.07) is 72.3. The van der Waals surface area contributed by atoms with Crippen LogP contribution in [0.2, 0.25) is 15.1 Å². The summed E-state index contributed by atoms with van der Waals surface area (Å²) in [6.07, 6.45) is 29.3. The second-order valence-corrected chi connectivity index (χ2v) is 32.6. The minimum Gasteiger partial charge on any atom is -0.256 e. The topological polar surface area (TPSA) is 301 Å². The van der Waals surface area contributed by atoms with E-state index < -0.39 is 23.3 Å². The Morgan fingerprint density at radius 2 is 0.580 bits per heavy atom. The summed E-state index contributed by atoms with van der Waals surface area (Å²) in [5.41, 5.74) is 24.3. The van der Waals surface area contributed by atoms with Gasteiger partial charge in [0, 0.05) is 188 Å². The van der Waals surface area contributed by atoms with Crippen LogP contribution in [0.15, 0.2) is 366 Å². The first-order valence-corrected chi connectivity index (χ1v) is 44.7. The third-order valence-electron chi connectivity index (χ3n) is 22.0. The SMILES string of the molecule is Cc1cc(-c2ncccc2-c2ccc3nccnc3n2)ccc1F.Cc1ccc(F)c(-c2ncccc2-c2ccn3ncnc3c2)c1.Clc1cccc(-c2ncccc2-c2ccc3nccnc3n2)c1.Fc1cc(F)c(-c2ncccc2-c2ccc3nccnc3n2)cc1F.Fc1ccc(-c2ncccc2-c2ccc3nccnc3n2)cc1Cl.Fc1ccc(Cl)cc1-c1ncccc1-c1ccc2nccnc2n1. The number of halogens is 10. The number of pyridine rings is 12. The van der Waals surface area contributed by atoms with E-state index in [2.05, 4.69) is 115 Å². The Bertz CT molecular complexity index is 8720. The average Bonchev–Trinajstić information content (AvgIpc) is 1.73. The van der Waals surface area contributed by atoms with Gasteiger partial charge in [-0.1, -0.05) is 64.6 Å². The number of aromatic nitrogens is 24. The first-order chi connectivity index (χ1) is 69.8. The number of benzene rings is 6. The minimum atomic E-state index is -1.25. The fourth-order valence-corrected chi connectivity index (χ4v) is 15.9. The predicted octanol–water partition coefficient (Wildman–Crippen LogP) is 25.8. The standard InChI is InChI=1S/C19H13FN4.2C18H10ClFN4.C18H11ClN4.C18H9F3N4.C18H13FN4/c1-12-11-13(4-5-15(12)20)18-14(3-2-8-22-18)16-6-7-17-19(24-16)23-10-9-21-17;19-11-3-4-14(20)13(10-11)17-12(2-1-7-22-17)15-5-6-16-18(24-15)23-9-8-21-16;19-13-10-11(3-4-14(13)20)17-12(2-1-7-22-17)15-5-6-16-18(24-15)23-9-8-21-16;19-13-4-1-3-12(11-13)17-14(5-2-8-21-17)15-6-7-16-18(23-15)22-10-9-20-16;19-12-9-14(21)13(20)8-11(12)17-10(2-1-5-23-17)15-3-4-16-18(25-15)24-7-6-22-16;1-12-4-5-16(19)15(9-12)18-14(3-2-7-20-18)13-6-8-23-17(10-13)21-11-22-23/h2-11H,1H3;2*1-10H;1-11H;1-9H;2-11H,1H3. The summed E-state index contributed by atoms with van der Waals surface area (Å²) >= 11 is 18.0. The molecule has 0 radical (unpaired) electrons. The minimum absolute atomic E-state index is 0.0569. The van der Waals surface area contributed by atoms with E-state index in [0.29, 0.717) is 117 Å². The molecule has 18 aromatic heterocycles. The van der Waals surface area contributed by atoms with E-state index in [0.717, 1.165) is 101 Å². The molecule has 18 heterocycles. The number of hydrogen-bond donors (Lipinski definition) is 0. The van der Waals surface area contributed by atoms with Crippen molar-refractivity contribution in [3.05, 3.63) is 433 Å². The van der Waals surface area contributed by atoms with Gasteiger partial charge < -0.3 is 0 Å². The molecule has 24 rings (SSSR count). The normalized spacial score (nSPS) is 10.9. The zero-order valence-electron chi connectivity index (χ0n) is 74.7. The summed E-state index contributed by atoms with van der Waals surface area (Å²) in [6.45, 7) is 3.68. The number of rotatable bonds is 12. The molecule has 692 valence electrons. The van der Waals surface area contributed by atoms with Gasteiger partial charge in [-0.25, -0.2) is 90.1 Å². The molecule has 0 spiro atoms. The van der Waals surface area contributed by atoms with E-state index in [1.807, 2.05) is 159 Å². The van der Waals surface area contributed by atoms with E-state index in [1.54, 1.807) is 165 Å². The number of aryl methyl sites for hydroxylation is 2. The quantitative estimate of drug-likeness (QED) is 0.0810. The summed E-state index contributed by atoms with van der Waals surface area (Å²) in [4.78, 5) is 95.3. The molecular formula is C109H66Cl3F7N24. The average molecular weight is 1950 g/mol. The molecule has 24 nitrogen and oxygen atoms in total. The Morgan fingerprint density at radius 1 is 0.224 bits per heavy atom. The van der Waals surface area contributed by atoms with Crippen molar-refractivity contribution in [2.24, 2.45) is 0 Å². The highest BCUT2D eigenvalue weighted by Gasteiger charge is 2.23. The van der Waals surface area contributed by atoms with Crippen LogP contribution in [0.5, 0.6) is 0 Å². The fraction of sp³-hybridized carbons (Fsp3) is 0.0183. The number of nitrogens with zero attached hydrogens (tertiary/aromatic N) is 24. The van der Waals surface area contributed by atoms with Gasteiger partial charge in [0.1, 0.15) is 63.0 Å². The zero-order chi connectivity index (χ0) is 98.4. The predicted molar refractivity (Wildman–Crippen MR) is 536 cm³/mol. The highest BCUT2D eigenvalue weighted by molar-refractivity contribution is 6.31. The lowest BCUT2D eigenvalue weighted by atomic mass is 9.98. The van der Waals surface area contributed by atoms with Crippen molar-refractivity contribution in [2.75, 3.05) is 0 Å². The maximum atomic E-state index is 14.3. The summed E-state index contributed by atoms with van der Waals surface area (Å²) in [5, 5.41) is 5.27. The number of fused-ring (bicyclic) bond motifs is 6. The van der Waals surface area contributed by atoms with E-state index in [1.165, 1.54) is 49.1 Å². The second-order valence-electron chi connectivity index (χ2n) is 31.3. The van der Waals surface area contributed by atoms with Crippen LogP contribution in [0.3, 0.4) is 0 Å². The van der Waals surface area contributed by atoms with E-state index in [9.17, 15) is 30.7 Å². The van der Waals surface area contributed by atoms with Crippen molar-refractivity contribution in [3.63, 3.8) is 0 Å². The van der Waals surface area contributed by atoms with E-state index in [-0.39, 0.29) is 33.7 Å². The molecule has 6 aromatic carbocycles. The first kappa shape index (κ1) is 93.7. The van der Waals surface area contributed by atoms with Crippen LogP contribution in [0.4, 0.5) is 30.7 Å². The van der Waals surface area contributed by atoms with Crippen LogP contribution >= 0.6 is 34.8 Å². The molecule has 0 aliphatic heterocycles. The molecule has 0 unspecified atom stereocenters. The van der Waals surface area contributed by atoms with Gasteiger partial charge in [0.2, 0.25) is 0 Å². The van der Waals surface area contributed by atoms with Gasteiger partial charge in [-0.05, 0) is 249 Å². The van der Waals surface area contributed by atoms with Gasteiger partial charge in [-0.15, -0.1) is 0 Å². The zero-order valence-corrected chi connectivity index (χ0v) is 76.9. The van der Waals surface area contributed by atoms with Crippen LogP contribution in [0.1, 0.15) is 11.1 Å². The van der Waals surface area contributed by atoms with Gasteiger partial charge in [-0.3, -0.25) is 54.8 Å².